The lowest BCUT2D eigenvalue weighted by atomic mass is 10.0. The highest BCUT2D eigenvalue weighted by Gasteiger charge is 2.08. The average molecular weight is 268 g/mol. The molecule has 0 heterocycles. The largest absolute Gasteiger partial charge is 0.329 e. The van der Waals surface area contributed by atoms with Crippen LogP contribution in [-0.4, -0.2) is 18.0 Å². The van der Waals surface area contributed by atoms with Gasteiger partial charge in [-0.1, -0.05) is 48.5 Å². The summed E-state index contributed by atoms with van der Waals surface area (Å²) in [6, 6.07) is 17.1. The highest BCUT2D eigenvalue weighted by atomic mass is 15.1. The normalized spacial score (nSPS) is 11.0. The molecule has 0 aliphatic heterocycles. The number of rotatable bonds is 6. The van der Waals surface area contributed by atoms with Crippen LogP contribution in [-0.2, 0) is 13.1 Å². The van der Waals surface area contributed by atoms with E-state index in [4.69, 9.17) is 5.73 Å². The van der Waals surface area contributed by atoms with E-state index in [2.05, 4.69) is 67.3 Å². The first-order valence-corrected chi connectivity index (χ1v) is 7.22. The minimum Gasteiger partial charge on any atom is -0.329 e. The fourth-order valence-electron chi connectivity index (χ4n) is 2.46. The summed E-state index contributed by atoms with van der Waals surface area (Å²) < 4.78 is 0. The van der Waals surface area contributed by atoms with Gasteiger partial charge >= 0.3 is 0 Å². The molecule has 0 spiro atoms. The van der Waals surface area contributed by atoms with Crippen LogP contribution in [0.15, 0.2) is 48.5 Å². The summed E-state index contributed by atoms with van der Waals surface area (Å²) in [4.78, 5) is 2.41. The van der Waals surface area contributed by atoms with E-state index in [0.717, 1.165) is 19.6 Å². The van der Waals surface area contributed by atoms with Gasteiger partial charge in [-0.2, -0.15) is 0 Å². The zero-order valence-corrected chi connectivity index (χ0v) is 12.5. The maximum absolute atomic E-state index is 5.76. The molecule has 106 valence electrons. The number of benzene rings is 2. The average Bonchev–Trinajstić information content (AvgIpc) is 2.45. The van der Waals surface area contributed by atoms with Crippen LogP contribution in [0.3, 0.4) is 0 Å². The van der Waals surface area contributed by atoms with Crippen LogP contribution in [0.1, 0.15) is 22.3 Å². The molecule has 2 aromatic rings. The molecular formula is C18H24N2. The molecule has 0 atom stereocenters. The molecule has 2 heteroatoms. The Morgan fingerprint density at radius 2 is 1.65 bits per heavy atom. The number of hydrogen-bond donors (Lipinski definition) is 1. The smallest absolute Gasteiger partial charge is 0.0240 e. The van der Waals surface area contributed by atoms with E-state index >= 15 is 0 Å². The van der Waals surface area contributed by atoms with Gasteiger partial charge in [-0.15, -0.1) is 0 Å². The summed E-state index contributed by atoms with van der Waals surface area (Å²) in [5.41, 5.74) is 11.2. The van der Waals surface area contributed by atoms with Crippen LogP contribution < -0.4 is 5.73 Å². The lowest BCUT2D eigenvalue weighted by molar-refractivity contribution is 0.264. The third kappa shape index (κ3) is 3.92. The third-order valence-corrected chi connectivity index (χ3v) is 3.81. The van der Waals surface area contributed by atoms with Crippen LogP contribution in [0, 0.1) is 13.8 Å². The molecule has 2 nitrogen and oxygen atoms in total. The molecule has 0 aromatic heterocycles. The van der Waals surface area contributed by atoms with E-state index in [1.807, 2.05) is 0 Å². The minimum atomic E-state index is 0.692. The molecule has 0 saturated carbocycles. The topological polar surface area (TPSA) is 29.3 Å². The SMILES string of the molecule is Cc1cccc(CN(CCN)Cc2ccccc2)c1C. The molecule has 0 unspecified atom stereocenters. The van der Waals surface area contributed by atoms with Crippen molar-refractivity contribution in [3.63, 3.8) is 0 Å². The van der Waals surface area contributed by atoms with E-state index in [-0.39, 0.29) is 0 Å². The summed E-state index contributed by atoms with van der Waals surface area (Å²) in [6.07, 6.45) is 0. The lowest BCUT2D eigenvalue weighted by Crippen LogP contribution is -2.29. The van der Waals surface area contributed by atoms with Crippen molar-refractivity contribution in [2.24, 2.45) is 5.73 Å². The van der Waals surface area contributed by atoms with Crippen molar-refractivity contribution in [3.05, 3.63) is 70.8 Å². The van der Waals surface area contributed by atoms with Gasteiger partial charge in [-0.25, -0.2) is 0 Å². The molecule has 0 saturated heterocycles. The van der Waals surface area contributed by atoms with Gasteiger partial charge in [0.05, 0.1) is 0 Å². The molecule has 2 aromatic carbocycles. The Labute approximate surface area is 122 Å². The molecule has 0 aliphatic rings. The predicted molar refractivity (Wildman–Crippen MR) is 85.5 cm³/mol. The van der Waals surface area contributed by atoms with Gasteiger partial charge in [0.25, 0.3) is 0 Å². The first-order valence-electron chi connectivity index (χ1n) is 7.22. The van der Waals surface area contributed by atoms with Crippen molar-refractivity contribution in [1.29, 1.82) is 0 Å². The van der Waals surface area contributed by atoms with Crippen LogP contribution in [0.2, 0.25) is 0 Å². The summed E-state index contributed by atoms with van der Waals surface area (Å²) in [5, 5.41) is 0. The van der Waals surface area contributed by atoms with Crippen LogP contribution in [0.5, 0.6) is 0 Å². The van der Waals surface area contributed by atoms with Crippen LogP contribution in [0.25, 0.3) is 0 Å². The molecule has 0 amide bonds. The number of hydrogen-bond acceptors (Lipinski definition) is 2. The Balaban J connectivity index is 2.11. The summed E-state index contributed by atoms with van der Waals surface area (Å²) in [6.45, 7) is 7.89. The van der Waals surface area contributed by atoms with Gasteiger partial charge in [-0.3, -0.25) is 4.90 Å². The predicted octanol–water partition coefficient (Wildman–Crippen LogP) is 3.26. The third-order valence-electron chi connectivity index (χ3n) is 3.81. The second kappa shape index (κ2) is 7.22. The summed E-state index contributed by atoms with van der Waals surface area (Å²) >= 11 is 0. The quantitative estimate of drug-likeness (QED) is 0.871. The molecule has 0 aliphatic carbocycles. The maximum Gasteiger partial charge on any atom is 0.0240 e. The van der Waals surface area contributed by atoms with Gasteiger partial charge in [0.15, 0.2) is 0 Å². The molecule has 2 rings (SSSR count). The zero-order valence-electron chi connectivity index (χ0n) is 12.5. The van der Waals surface area contributed by atoms with E-state index < -0.39 is 0 Å². The molecular weight excluding hydrogens is 244 g/mol. The highest BCUT2D eigenvalue weighted by molar-refractivity contribution is 5.33. The Morgan fingerprint density at radius 3 is 2.35 bits per heavy atom. The Bertz CT molecular complexity index is 534. The lowest BCUT2D eigenvalue weighted by Gasteiger charge is -2.23. The number of aryl methyl sites for hydroxylation is 1. The van der Waals surface area contributed by atoms with E-state index in [1.54, 1.807) is 0 Å². The molecule has 0 bridgehead atoms. The van der Waals surface area contributed by atoms with Crippen LogP contribution in [0.4, 0.5) is 0 Å². The maximum atomic E-state index is 5.76. The summed E-state index contributed by atoms with van der Waals surface area (Å²) in [7, 11) is 0. The van der Waals surface area contributed by atoms with Crippen molar-refractivity contribution < 1.29 is 0 Å². The Kier molecular flexibility index (Phi) is 5.33. The number of nitrogens with zero attached hydrogens (tertiary/aromatic N) is 1. The second-order valence-electron chi connectivity index (χ2n) is 5.34. The minimum absolute atomic E-state index is 0.692. The molecule has 0 radical (unpaired) electrons. The Hall–Kier alpha value is -1.64. The fourth-order valence-corrected chi connectivity index (χ4v) is 2.46. The molecule has 0 fully saturated rings. The van der Waals surface area contributed by atoms with E-state index in [0.29, 0.717) is 6.54 Å². The van der Waals surface area contributed by atoms with Crippen molar-refractivity contribution in [1.82, 2.24) is 4.90 Å². The van der Waals surface area contributed by atoms with Crippen molar-refractivity contribution in [2.75, 3.05) is 13.1 Å². The summed E-state index contributed by atoms with van der Waals surface area (Å²) in [5.74, 6) is 0. The van der Waals surface area contributed by atoms with Gasteiger partial charge in [0.2, 0.25) is 0 Å². The van der Waals surface area contributed by atoms with Crippen molar-refractivity contribution in [2.45, 2.75) is 26.9 Å². The van der Waals surface area contributed by atoms with Crippen LogP contribution >= 0.6 is 0 Å². The standard InChI is InChI=1S/C18H24N2/c1-15-7-6-10-18(16(15)2)14-20(12-11-19)13-17-8-4-3-5-9-17/h3-10H,11-14,19H2,1-2H3. The highest BCUT2D eigenvalue weighted by Crippen LogP contribution is 2.16. The van der Waals surface area contributed by atoms with Gasteiger partial charge in [0.1, 0.15) is 0 Å². The van der Waals surface area contributed by atoms with E-state index in [9.17, 15) is 0 Å². The molecule has 2 N–H and O–H groups in total. The van der Waals surface area contributed by atoms with E-state index in [1.165, 1.54) is 22.3 Å². The van der Waals surface area contributed by atoms with Gasteiger partial charge < -0.3 is 5.73 Å². The van der Waals surface area contributed by atoms with Crippen molar-refractivity contribution >= 4 is 0 Å². The monoisotopic (exact) mass is 268 g/mol. The van der Waals surface area contributed by atoms with Gasteiger partial charge in [-0.05, 0) is 36.1 Å². The molecule has 20 heavy (non-hydrogen) atoms. The Morgan fingerprint density at radius 1 is 0.900 bits per heavy atom. The second-order valence-corrected chi connectivity index (χ2v) is 5.34. The first-order chi connectivity index (χ1) is 9.70. The number of nitrogens with two attached hydrogens (primary N) is 1. The fraction of sp³-hybridized carbons (Fsp3) is 0.333. The zero-order chi connectivity index (χ0) is 14.4. The van der Waals surface area contributed by atoms with Gasteiger partial charge in [0, 0.05) is 26.2 Å². The first kappa shape index (κ1) is 14.8. The van der Waals surface area contributed by atoms with Crippen molar-refractivity contribution in [3.8, 4) is 0 Å².